The summed E-state index contributed by atoms with van der Waals surface area (Å²) in [6, 6.07) is 10.6. The number of rotatable bonds is 11. The Morgan fingerprint density at radius 1 is 0.900 bits per heavy atom. The molecule has 0 saturated carbocycles. The number of nitrogens with zero attached hydrogens (tertiary/aromatic N) is 2. The number of non-ortho nitro benzene ring substituents is 1. The normalized spacial score (nSPS) is 22.0. The van der Waals surface area contributed by atoms with E-state index in [4.69, 9.17) is 23.7 Å². The maximum atomic E-state index is 12.2. The predicted octanol–water partition coefficient (Wildman–Crippen LogP) is 2.65. The minimum absolute atomic E-state index is 0.0165. The Bertz CT molecular complexity index is 1250. The van der Waals surface area contributed by atoms with Crippen molar-refractivity contribution in [1.29, 1.82) is 0 Å². The van der Waals surface area contributed by atoms with Crippen LogP contribution in [0.2, 0.25) is 0 Å². The number of carbonyl (C=O) groups excluding carboxylic acids is 3. The van der Waals surface area contributed by atoms with Gasteiger partial charge >= 0.3 is 17.9 Å². The fourth-order valence-corrected chi connectivity index (χ4v) is 4.04. The molecule has 0 aliphatic carbocycles. The summed E-state index contributed by atoms with van der Waals surface area (Å²) in [5.41, 5.74) is -0.628. The molecule has 40 heavy (non-hydrogen) atoms. The Hall–Kier alpha value is -4.63. The number of carbonyl (C=O) groups is 3. The van der Waals surface area contributed by atoms with E-state index in [1.807, 2.05) is 0 Å². The lowest BCUT2D eigenvalue weighted by atomic mass is 9.95. The van der Waals surface area contributed by atoms with E-state index in [1.54, 1.807) is 30.3 Å². The molecule has 1 aliphatic heterocycles. The van der Waals surface area contributed by atoms with Gasteiger partial charge in [-0.2, -0.15) is 0 Å². The van der Waals surface area contributed by atoms with Crippen LogP contribution in [0.25, 0.3) is 0 Å². The zero-order valence-corrected chi connectivity index (χ0v) is 21.7. The molecule has 214 valence electrons. The zero-order valence-electron chi connectivity index (χ0n) is 21.7. The molecule has 0 bridgehead atoms. The minimum Gasteiger partial charge on any atom is -0.463 e. The number of anilines is 1. The summed E-state index contributed by atoms with van der Waals surface area (Å²) in [5.74, 6) is -2.22. The molecule has 1 saturated heterocycles. The second-order valence-electron chi connectivity index (χ2n) is 8.68. The van der Waals surface area contributed by atoms with Crippen LogP contribution in [0.1, 0.15) is 26.3 Å². The number of esters is 3. The van der Waals surface area contributed by atoms with Gasteiger partial charge in [-0.05, 0) is 11.6 Å². The molecule has 0 unspecified atom stereocenters. The van der Waals surface area contributed by atoms with E-state index in [0.29, 0.717) is 0 Å². The van der Waals surface area contributed by atoms with Crippen molar-refractivity contribution in [3.05, 3.63) is 74.3 Å². The van der Waals surface area contributed by atoms with Crippen molar-refractivity contribution in [2.75, 3.05) is 11.9 Å². The first-order valence-corrected chi connectivity index (χ1v) is 11.9. The van der Waals surface area contributed by atoms with E-state index >= 15 is 0 Å². The van der Waals surface area contributed by atoms with Gasteiger partial charge in [0, 0.05) is 26.8 Å². The van der Waals surface area contributed by atoms with E-state index in [2.05, 4.69) is 5.32 Å². The summed E-state index contributed by atoms with van der Waals surface area (Å²) in [7, 11) is 0. The largest absolute Gasteiger partial charge is 0.463 e. The molecule has 1 aliphatic rings. The maximum Gasteiger partial charge on any atom is 0.303 e. The van der Waals surface area contributed by atoms with Crippen molar-refractivity contribution in [3.63, 3.8) is 0 Å². The van der Waals surface area contributed by atoms with Gasteiger partial charge < -0.3 is 29.0 Å². The number of nitro groups is 2. The van der Waals surface area contributed by atoms with E-state index in [-0.39, 0.29) is 12.3 Å². The lowest BCUT2D eigenvalue weighted by Gasteiger charge is -2.45. The third-order valence-corrected chi connectivity index (χ3v) is 5.67. The standard InChI is InChI=1S/C25H27N3O12/c1-14(29)36-13-21-23(38-15(2)30)24(39-16(3)31)22(25(40-21)37-12-17-7-5-4-6-8-17)26-19-10-9-18(27(32)33)11-20(19)28(34)35/h4-11,21-26H,12-13H2,1-3H3/t21-,22-,23-,24-,25+/m1/s1. The van der Waals surface area contributed by atoms with Crippen molar-refractivity contribution >= 4 is 35.0 Å². The molecule has 3 rings (SSSR count). The van der Waals surface area contributed by atoms with Gasteiger partial charge in [-0.25, -0.2) is 0 Å². The Morgan fingerprint density at radius 3 is 2.12 bits per heavy atom. The van der Waals surface area contributed by atoms with Gasteiger partial charge in [-0.15, -0.1) is 0 Å². The van der Waals surface area contributed by atoms with Crippen LogP contribution < -0.4 is 5.32 Å². The van der Waals surface area contributed by atoms with E-state index in [1.165, 1.54) is 0 Å². The van der Waals surface area contributed by atoms with Crippen molar-refractivity contribution in [2.24, 2.45) is 0 Å². The number of nitrogens with one attached hydrogen (secondary N) is 1. The van der Waals surface area contributed by atoms with Crippen LogP contribution in [-0.2, 0) is 44.7 Å². The molecule has 1 fully saturated rings. The fraction of sp³-hybridized carbons (Fsp3) is 0.400. The van der Waals surface area contributed by atoms with Crippen LogP contribution >= 0.6 is 0 Å². The van der Waals surface area contributed by atoms with Crippen LogP contribution in [-0.4, -0.2) is 65.0 Å². The highest BCUT2D eigenvalue weighted by Crippen LogP contribution is 2.34. The molecule has 2 aromatic carbocycles. The molecule has 0 amide bonds. The lowest BCUT2D eigenvalue weighted by molar-refractivity contribution is -0.393. The van der Waals surface area contributed by atoms with Crippen LogP contribution in [0, 0.1) is 20.2 Å². The van der Waals surface area contributed by atoms with Crippen LogP contribution in [0.15, 0.2) is 48.5 Å². The van der Waals surface area contributed by atoms with Crippen LogP contribution in [0.5, 0.6) is 0 Å². The summed E-state index contributed by atoms with van der Waals surface area (Å²) >= 11 is 0. The molecule has 15 nitrogen and oxygen atoms in total. The van der Waals surface area contributed by atoms with Crippen LogP contribution in [0.3, 0.4) is 0 Å². The van der Waals surface area contributed by atoms with Crippen molar-refractivity contribution in [1.82, 2.24) is 0 Å². The average Bonchev–Trinajstić information content (AvgIpc) is 2.89. The van der Waals surface area contributed by atoms with Crippen molar-refractivity contribution in [2.45, 2.75) is 58.0 Å². The second-order valence-corrected chi connectivity index (χ2v) is 8.68. The fourth-order valence-electron chi connectivity index (χ4n) is 4.04. The predicted molar refractivity (Wildman–Crippen MR) is 135 cm³/mol. The Kier molecular flexibility index (Phi) is 10.1. The molecule has 1 heterocycles. The highest BCUT2D eigenvalue weighted by atomic mass is 16.7. The molecule has 5 atom stereocenters. The Labute approximate surface area is 227 Å². The first-order chi connectivity index (χ1) is 19.0. The summed E-state index contributed by atoms with van der Waals surface area (Å²) in [4.78, 5) is 57.0. The molecule has 0 radical (unpaired) electrons. The lowest BCUT2D eigenvalue weighted by Crippen LogP contribution is -2.64. The van der Waals surface area contributed by atoms with E-state index in [9.17, 15) is 34.6 Å². The molecule has 15 heteroatoms. The van der Waals surface area contributed by atoms with Crippen molar-refractivity contribution < 1.29 is 47.9 Å². The number of hydrogen-bond donors (Lipinski definition) is 1. The van der Waals surface area contributed by atoms with Crippen molar-refractivity contribution in [3.8, 4) is 0 Å². The van der Waals surface area contributed by atoms with Gasteiger partial charge in [0.25, 0.3) is 11.4 Å². The van der Waals surface area contributed by atoms with Gasteiger partial charge in [0.2, 0.25) is 0 Å². The Balaban J connectivity index is 2.07. The summed E-state index contributed by atoms with van der Waals surface area (Å²) < 4.78 is 28.0. The summed E-state index contributed by atoms with van der Waals surface area (Å²) in [6.45, 7) is 2.95. The molecule has 0 aromatic heterocycles. The van der Waals surface area contributed by atoms with Gasteiger partial charge in [0.05, 0.1) is 22.5 Å². The molecule has 2 aromatic rings. The third kappa shape index (κ3) is 7.94. The minimum atomic E-state index is -1.37. The summed E-state index contributed by atoms with van der Waals surface area (Å²) in [6.07, 6.45) is -5.19. The molecule has 0 spiro atoms. The topological polar surface area (TPSA) is 196 Å². The zero-order chi connectivity index (χ0) is 29.4. The van der Waals surface area contributed by atoms with E-state index < -0.39 is 76.4 Å². The number of nitro benzene ring substituents is 2. The highest BCUT2D eigenvalue weighted by Gasteiger charge is 2.51. The first-order valence-electron chi connectivity index (χ1n) is 11.9. The monoisotopic (exact) mass is 561 g/mol. The SMILES string of the molecule is CC(=O)OC[C@H]1O[C@H](OCc2ccccc2)[C@H](Nc2ccc([N+](=O)[O-])cc2[N+](=O)[O-])[C@@H](OC(C)=O)[C@@H]1OC(C)=O. The molecular weight excluding hydrogens is 534 g/mol. The van der Waals surface area contributed by atoms with Gasteiger partial charge in [0.1, 0.15) is 24.4 Å². The Morgan fingerprint density at radius 2 is 1.55 bits per heavy atom. The number of benzene rings is 2. The highest BCUT2D eigenvalue weighted by molar-refractivity contribution is 5.69. The number of ether oxygens (including phenoxy) is 5. The molecule has 1 N–H and O–H groups in total. The smallest absolute Gasteiger partial charge is 0.303 e. The quantitative estimate of drug-likeness (QED) is 0.182. The first kappa shape index (κ1) is 29.9. The summed E-state index contributed by atoms with van der Waals surface area (Å²) in [5, 5.41) is 25.8. The van der Waals surface area contributed by atoms with Gasteiger partial charge in [0.15, 0.2) is 18.5 Å². The van der Waals surface area contributed by atoms with E-state index in [0.717, 1.165) is 44.5 Å². The average molecular weight is 562 g/mol. The maximum absolute atomic E-state index is 12.2. The third-order valence-electron chi connectivity index (χ3n) is 5.67. The van der Waals surface area contributed by atoms with Gasteiger partial charge in [-0.3, -0.25) is 34.6 Å². The second kappa shape index (κ2) is 13.4. The number of hydrogen-bond acceptors (Lipinski definition) is 13. The van der Waals surface area contributed by atoms with Gasteiger partial charge in [-0.1, -0.05) is 30.3 Å². The molecular formula is C25H27N3O12. The van der Waals surface area contributed by atoms with Crippen LogP contribution in [0.4, 0.5) is 17.1 Å².